The maximum Gasteiger partial charge on any atom is 0.408 e. The summed E-state index contributed by atoms with van der Waals surface area (Å²) in [6, 6.07) is 9.74. The van der Waals surface area contributed by atoms with Gasteiger partial charge in [0.1, 0.15) is 11.7 Å². The number of cyclic esters (lactones) is 1. The number of hydrogen-bond donors (Lipinski definition) is 1. The van der Waals surface area contributed by atoms with E-state index in [1.54, 1.807) is 6.92 Å². The standard InChI is InChI=1S/C18H25NO4/c1-13-15(16(20)22-13)19-17(21)23-18(2,3)12-8-7-11-14-9-5-4-6-10-14/h4-6,9-10,13,15H,7-8,11-12H2,1-3H3,(H,19,21)/t13?,15-/m1/s1. The Bertz CT molecular complexity index is 541. The van der Waals surface area contributed by atoms with E-state index in [9.17, 15) is 9.59 Å². The number of unbranched alkanes of at least 4 members (excludes halogenated alkanes) is 1. The molecule has 1 aliphatic rings. The van der Waals surface area contributed by atoms with E-state index in [1.165, 1.54) is 5.56 Å². The molecule has 1 aromatic carbocycles. The molecule has 0 saturated carbocycles. The number of alkyl carbamates (subject to hydrolysis) is 1. The van der Waals surface area contributed by atoms with E-state index >= 15 is 0 Å². The number of amides is 1. The lowest BCUT2D eigenvalue weighted by atomic mass is 9.99. The van der Waals surface area contributed by atoms with Crippen LogP contribution < -0.4 is 5.32 Å². The van der Waals surface area contributed by atoms with Crippen molar-refractivity contribution in [2.75, 3.05) is 0 Å². The van der Waals surface area contributed by atoms with Crippen molar-refractivity contribution in [2.24, 2.45) is 0 Å². The van der Waals surface area contributed by atoms with Crippen LogP contribution in [0.25, 0.3) is 0 Å². The second-order valence-corrected chi connectivity index (χ2v) is 6.61. The summed E-state index contributed by atoms with van der Waals surface area (Å²) in [4.78, 5) is 23.1. The first kappa shape index (κ1) is 17.3. The summed E-state index contributed by atoms with van der Waals surface area (Å²) in [5.74, 6) is -0.407. The molecular formula is C18H25NO4. The quantitative estimate of drug-likeness (QED) is 0.619. The molecule has 0 aromatic heterocycles. The van der Waals surface area contributed by atoms with E-state index in [2.05, 4.69) is 17.4 Å². The predicted molar refractivity (Wildman–Crippen MR) is 87.0 cm³/mol. The maximum absolute atomic E-state index is 11.9. The van der Waals surface area contributed by atoms with Crippen molar-refractivity contribution in [3.63, 3.8) is 0 Å². The van der Waals surface area contributed by atoms with Crippen molar-refractivity contribution in [1.82, 2.24) is 5.32 Å². The smallest absolute Gasteiger partial charge is 0.408 e. The van der Waals surface area contributed by atoms with Gasteiger partial charge in [0.05, 0.1) is 0 Å². The summed E-state index contributed by atoms with van der Waals surface area (Å²) in [5, 5.41) is 2.55. The van der Waals surface area contributed by atoms with Crippen molar-refractivity contribution < 1.29 is 19.1 Å². The second kappa shape index (κ2) is 7.49. The molecule has 1 N–H and O–H groups in total. The molecule has 2 atom stereocenters. The lowest BCUT2D eigenvalue weighted by Crippen LogP contribution is -2.59. The zero-order valence-electron chi connectivity index (χ0n) is 14.0. The number of ether oxygens (including phenoxy) is 2. The first-order chi connectivity index (χ1) is 10.9. The monoisotopic (exact) mass is 319 g/mol. The largest absolute Gasteiger partial charge is 0.458 e. The fraction of sp³-hybridized carbons (Fsp3) is 0.556. The highest BCUT2D eigenvalue weighted by atomic mass is 16.6. The van der Waals surface area contributed by atoms with Crippen LogP contribution in [0.5, 0.6) is 0 Å². The van der Waals surface area contributed by atoms with Gasteiger partial charge in [0.15, 0.2) is 6.04 Å². The molecule has 5 heteroatoms. The van der Waals surface area contributed by atoms with Crippen molar-refractivity contribution >= 4 is 12.1 Å². The maximum atomic E-state index is 11.9. The minimum absolute atomic E-state index is 0.288. The molecule has 0 spiro atoms. The molecule has 1 saturated heterocycles. The number of carbonyl (C=O) groups is 2. The SMILES string of the molecule is CC1OC(=O)[C@@H]1NC(=O)OC(C)(C)CCCCc1ccccc1. The van der Waals surface area contributed by atoms with Gasteiger partial charge >= 0.3 is 12.1 Å². The Morgan fingerprint density at radius 2 is 1.96 bits per heavy atom. The van der Waals surface area contributed by atoms with Crippen LogP contribution in [-0.4, -0.2) is 29.8 Å². The second-order valence-electron chi connectivity index (χ2n) is 6.61. The fourth-order valence-electron chi connectivity index (χ4n) is 2.60. The van der Waals surface area contributed by atoms with Gasteiger partial charge in [0.2, 0.25) is 0 Å². The van der Waals surface area contributed by atoms with E-state index in [-0.39, 0.29) is 6.10 Å². The van der Waals surface area contributed by atoms with Crippen LogP contribution in [0.4, 0.5) is 4.79 Å². The molecule has 0 bridgehead atoms. The molecule has 1 unspecified atom stereocenters. The Morgan fingerprint density at radius 3 is 2.57 bits per heavy atom. The third-order valence-corrected chi connectivity index (χ3v) is 4.00. The summed E-state index contributed by atoms with van der Waals surface area (Å²) in [6.45, 7) is 5.51. The average molecular weight is 319 g/mol. The van der Waals surface area contributed by atoms with Gasteiger partial charge in [-0.2, -0.15) is 0 Å². The van der Waals surface area contributed by atoms with Gasteiger partial charge in [-0.05, 0) is 52.0 Å². The van der Waals surface area contributed by atoms with Crippen LogP contribution in [0.15, 0.2) is 30.3 Å². The van der Waals surface area contributed by atoms with Crippen molar-refractivity contribution in [1.29, 1.82) is 0 Å². The van der Waals surface area contributed by atoms with Crippen LogP contribution in [0.2, 0.25) is 0 Å². The molecule has 1 fully saturated rings. The summed E-state index contributed by atoms with van der Waals surface area (Å²) in [5.41, 5.74) is 0.763. The van der Waals surface area contributed by atoms with E-state index in [0.717, 1.165) is 25.7 Å². The zero-order chi connectivity index (χ0) is 16.9. The summed E-state index contributed by atoms with van der Waals surface area (Å²) < 4.78 is 10.2. The van der Waals surface area contributed by atoms with E-state index in [4.69, 9.17) is 9.47 Å². The van der Waals surface area contributed by atoms with Gasteiger partial charge in [-0.25, -0.2) is 9.59 Å². The number of benzene rings is 1. The Kier molecular flexibility index (Phi) is 5.64. The van der Waals surface area contributed by atoms with Crippen LogP contribution in [0.1, 0.15) is 45.6 Å². The summed E-state index contributed by atoms with van der Waals surface area (Å²) in [7, 11) is 0. The summed E-state index contributed by atoms with van der Waals surface area (Å²) in [6.07, 6.45) is 2.96. The molecule has 5 nitrogen and oxygen atoms in total. The Hall–Kier alpha value is -2.04. The molecule has 1 aliphatic heterocycles. The molecule has 1 heterocycles. The van der Waals surface area contributed by atoms with E-state index < -0.39 is 23.7 Å². The predicted octanol–water partition coefficient (Wildman–Crippen LogP) is 3.22. The normalized spacial score (nSPS) is 20.4. The number of esters is 1. The first-order valence-electron chi connectivity index (χ1n) is 8.11. The molecule has 1 aromatic rings. The third kappa shape index (κ3) is 5.27. The van der Waals surface area contributed by atoms with Gasteiger partial charge < -0.3 is 14.8 Å². The van der Waals surface area contributed by atoms with Crippen LogP contribution >= 0.6 is 0 Å². The number of carbonyl (C=O) groups excluding carboxylic acids is 2. The number of hydrogen-bond acceptors (Lipinski definition) is 4. The highest BCUT2D eigenvalue weighted by Gasteiger charge is 2.41. The van der Waals surface area contributed by atoms with Crippen molar-refractivity contribution in [3.8, 4) is 0 Å². The number of aryl methyl sites for hydroxylation is 1. The highest BCUT2D eigenvalue weighted by molar-refractivity contribution is 5.86. The van der Waals surface area contributed by atoms with Crippen molar-refractivity contribution in [2.45, 2.75) is 64.2 Å². The third-order valence-electron chi connectivity index (χ3n) is 4.00. The van der Waals surface area contributed by atoms with E-state index in [0.29, 0.717) is 0 Å². The van der Waals surface area contributed by atoms with Crippen LogP contribution in [0, 0.1) is 0 Å². The Labute approximate surface area is 137 Å². The molecule has 126 valence electrons. The molecule has 1 amide bonds. The Balaban J connectivity index is 1.67. The molecule has 0 radical (unpaired) electrons. The van der Waals surface area contributed by atoms with E-state index in [1.807, 2.05) is 32.0 Å². The van der Waals surface area contributed by atoms with Gasteiger partial charge in [0.25, 0.3) is 0 Å². The summed E-state index contributed by atoms with van der Waals surface area (Å²) >= 11 is 0. The molecule has 0 aliphatic carbocycles. The average Bonchev–Trinajstić information content (AvgIpc) is 2.50. The highest BCUT2D eigenvalue weighted by Crippen LogP contribution is 2.20. The minimum Gasteiger partial charge on any atom is -0.458 e. The number of nitrogens with one attached hydrogen (secondary N) is 1. The lowest BCUT2D eigenvalue weighted by Gasteiger charge is -2.33. The number of rotatable bonds is 7. The zero-order valence-corrected chi connectivity index (χ0v) is 14.0. The topological polar surface area (TPSA) is 64.6 Å². The van der Waals surface area contributed by atoms with Crippen molar-refractivity contribution in [3.05, 3.63) is 35.9 Å². The minimum atomic E-state index is -0.587. The molecular weight excluding hydrogens is 294 g/mol. The van der Waals surface area contributed by atoms with Gasteiger partial charge in [-0.15, -0.1) is 0 Å². The molecule has 23 heavy (non-hydrogen) atoms. The fourth-order valence-corrected chi connectivity index (χ4v) is 2.60. The first-order valence-corrected chi connectivity index (χ1v) is 8.11. The van der Waals surface area contributed by atoms with Gasteiger partial charge in [-0.1, -0.05) is 30.3 Å². The van der Waals surface area contributed by atoms with Crippen LogP contribution in [0.3, 0.4) is 0 Å². The van der Waals surface area contributed by atoms with Gasteiger partial charge in [0, 0.05) is 0 Å². The lowest BCUT2D eigenvalue weighted by molar-refractivity contribution is -0.174. The molecule has 2 rings (SSSR count). The van der Waals surface area contributed by atoms with Gasteiger partial charge in [-0.3, -0.25) is 0 Å². The van der Waals surface area contributed by atoms with Crippen LogP contribution in [-0.2, 0) is 20.7 Å². The Morgan fingerprint density at radius 1 is 1.26 bits per heavy atom.